The van der Waals surface area contributed by atoms with Gasteiger partial charge in [-0.2, -0.15) is 0 Å². The van der Waals surface area contributed by atoms with E-state index in [4.69, 9.17) is 0 Å². The highest BCUT2D eigenvalue weighted by Crippen LogP contribution is 2.27. The van der Waals surface area contributed by atoms with Crippen molar-refractivity contribution in [2.45, 2.75) is 51.0 Å². The molecule has 2 rings (SSSR count). The Kier molecular flexibility index (Phi) is 5.40. The molecule has 2 fully saturated rings. The van der Waals surface area contributed by atoms with Crippen LogP contribution < -0.4 is 5.32 Å². The van der Waals surface area contributed by atoms with Crippen molar-refractivity contribution < 1.29 is 14.7 Å². The molecule has 0 atom stereocenters. The standard InChI is InChI=1S/C15H26N2O3/c1-17(10-11-8-13(18)9-11)14(19)6-7-16-15(20)12-4-2-3-5-12/h11-13,18H,2-10H2,1H3,(H,16,20). The van der Waals surface area contributed by atoms with Crippen molar-refractivity contribution in [2.24, 2.45) is 11.8 Å². The van der Waals surface area contributed by atoms with E-state index in [9.17, 15) is 14.7 Å². The van der Waals surface area contributed by atoms with E-state index in [1.54, 1.807) is 11.9 Å². The first-order chi connectivity index (χ1) is 9.56. The minimum Gasteiger partial charge on any atom is -0.393 e. The number of nitrogens with zero attached hydrogens (tertiary/aromatic N) is 1. The topological polar surface area (TPSA) is 69.6 Å². The van der Waals surface area contributed by atoms with Crippen molar-refractivity contribution in [2.75, 3.05) is 20.1 Å². The molecule has 2 saturated carbocycles. The maximum absolute atomic E-state index is 11.9. The van der Waals surface area contributed by atoms with Crippen molar-refractivity contribution in [3.05, 3.63) is 0 Å². The lowest BCUT2D eigenvalue weighted by atomic mass is 9.82. The van der Waals surface area contributed by atoms with E-state index in [1.165, 1.54) is 0 Å². The highest BCUT2D eigenvalue weighted by molar-refractivity contribution is 5.80. The molecular formula is C15H26N2O3. The zero-order valence-corrected chi connectivity index (χ0v) is 12.3. The van der Waals surface area contributed by atoms with Gasteiger partial charge in [0.1, 0.15) is 0 Å². The van der Waals surface area contributed by atoms with Crippen LogP contribution in [0.2, 0.25) is 0 Å². The summed E-state index contributed by atoms with van der Waals surface area (Å²) in [6, 6.07) is 0. The minimum atomic E-state index is -0.172. The van der Waals surface area contributed by atoms with Crippen molar-refractivity contribution in [1.82, 2.24) is 10.2 Å². The number of aliphatic hydroxyl groups excluding tert-OH is 1. The molecule has 2 aliphatic rings. The molecule has 2 amide bonds. The van der Waals surface area contributed by atoms with Gasteiger partial charge in [-0.3, -0.25) is 9.59 Å². The van der Waals surface area contributed by atoms with Gasteiger partial charge in [-0.15, -0.1) is 0 Å². The number of hydrogen-bond donors (Lipinski definition) is 2. The fourth-order valence-electron chi connectivity index (χ4n) is 3.15. The summed E-state index contributed by atoms with van der Waals surface area (Å²) in [5.41, 5.74) is 0. The molecule has 0 aromatic rings. The van der Waals surface area contributed by atoms with Gasteiger partial charge in [-0.1, -0.05) is 12.8 Å². The van der Waals surface area contributed by atoms with E-state index in [2.05, 4.69) is 5.32 Å². The summed E-state index contributed by atoms with van der Waals surface area (Å²) >= 11 is 0. The van der Waals surface area contributed by atoms with Crippen LogP contribution in [0, 0.1) is 11.8 Å². The highest BCUT2D eigenvalue weighted by Gasteiger charge is 2.29. The number of hydrogen-bond acceptors (Lipinski definition) is 3. The quantitative estimate of drug-likeness (QED) is 0.761. The smallest absolute Gasteiger partial charge is 0.224 e. The number of amides is 2. The second-order valence-electron chi connectivity index (χ2n) is 6.29. The van der Waals surface area contributed by atoms with E-state index in [0.29, 0.717) is 25.4 Å². The molecule has 114 valence electrons. The summed E-state index contributed by atoms with van der Waals surface area (Å²) in [6.45, 7) is 1.15. The normalized spacial score (nSPS) is 26.1. The monoisotopic (exact) mass is 282 g/mol. The lowest BCUT2D eigenvalue weighted by Gasteiger charge is -2.34. The number of rotatable bonds is 6. The Morgan fingerprint density at radius 1 is 1.25 bits per heavy atom. The van der Waals surface area contributed by atoms with Gasteiger partial charge in [-0.25, -0.2) is 0 Å². The van der Waals surface area contributed by atoms with Gasteiger partial charge in [0.2, 0.25) is 11.8 Å². The predicted molar refractivity (Wildman–Crippen MR) is 76.0 cm³/mol. The molecule has 20 heavy (non-hydrogen) atoms. The van der Waals surface area contributed by atoms with Gasteiger partial charge >= 0.3 is 0 Å². The van der Waals surface area contributed by atoms with Gasteiger partial charge in [0.25, 0.3) is 0 Å². The summed E-state index contributed by atoms with van der Waals surface area (Å²) in [7, 11) is 1.80. The second-order valence-corrected chi connectivity index (χ2v) is 6.29. The number of aliphatic hydroxyl groups is 1. The fraction of sp³-hybridized carbons (Fsp3) is 0.867. The van der Waals surface area contributed by atoms with Gasteiger partial charge < -0.3 is 15.3 Å². The third-order valence-corrected chi connectivity index (χ3v) is 4.53. The lowest BCUT2D eigenvalue weighted by molar-refractivity contribution is -0.131. The van der Waals surface area contributed by atoms with E-state index < -0.39 is 0 Å². The first-order valence-corrected chi connectivity index (χ1v) is 7.76. The molecule has 0 aromatic heterocycles. The molecule has 5 heteroatoms. The Hall–Kier alpha value is -1.10. The van der Waals surface area contributed by atoms with E-state index in [0.717, 1.165) is 38.5 Å². The predicted octanol–water partition coefficient (Wildman–Crippen LogP) is 0.912. The number of nitrogens with one attached hydrogen (secondary N) is 1. The van der Waals surface area contributed by atoms with Gasteiger partial charge in [0.05, 0.1) is 6.10 Å². The van der Waals surface area contributed by atoms with Crippen LogP contribution in [0.4, 0.5) is 0 Å². The van der Waals surface area contributed by atoms with Gasteiger partial charge in [0.15, 0.2) is 0 Å². The summed E-state index contributed by atoms with van der Waals surface area (Å²) in [4.78, 5) is 25.4. The Balaban J connectivity index is 1.58. The summed E-state index contributed by atoms with van der Waals surface area (Å²) in [5.74, 6) is 0.782. The Morgan fingerprint density at radius 2 is 1.90 bits per heavy atom. The molecule has 2 N–H and O–H groups in total. The Bertz CT molecular complexity index is 347. The first-order valence-electron chi connectivity index (χ1n) is 7.76. The van der Waals surface area contributed by atoms with Crippen LogP contribution in [-0.4, -0.2) is 48.1 Å². The number of carbonyl (C=O) groups excluding carboxylic acids is 2. The molecule has 2 aliphatic carbocycles. The van der Waals surface area contributed by atoms with Crippen molar-refractivity contribution in [1.29, 1.82) is 0 Å². The van der Waals surface area contributed by atoms with Crippen LogP contribution in [0.15, 0.2) is 0 Å². The van der Waals surface area contributed by atoms with Crippen molar-refractivity contribution in [3.8, 4) is 0 Å². The maximum atomic E-state index is 11.9. The molecule has 0 spiro atoms. The van der Waals surface area contributed by atoms with Crippen molar-refractivity contribution >= 4 is 11.8 Å². The second kappa shape index (κ2) is 7.07. The van der Waals surface area contributed by atoms with Crippen LogP contribution in [0.3, 0.4) is 0 Å². The van der Waals surface area contributed by atoms with Crippen LogP contribution in [-0.2, 0) is 9.59 Å². The highest BCUT2D eigenvalue weighted by atomic mass is 16.3. The minimum absolute atomic E-state index is 0.0677. The summed E-state index contributed by atoms with van der Waals surface area (Å²) in [5, 5.41) is 12.1. The third kappa shape index (κ3) is 4.20. The fourth-order valence-corrected chi connectivity index (χ4v) is 3.15. The van der Waals surface area contributed by atoms with Crippen LogP contribution in [0.5, 0.6) is 0 Å². The largest absolute Gasteiger partial charge is 0.393 e. The number of carbonyl (C=O) groups is 2. The molecule has 0 heterocycles. The average Bonchev–Trinajstić information content (AvgIpc) is 2.90. The molecule has 0 bridgehead atoms. The summed E-state index contributed by atoms with van der Waals surface area (Å²) < 4.78 is 0. The zero-order chi connectivity index (χ0) is 14.5. The van der Waals surface area contributed by atoms with Crippen LogP contribution >= 0.6 is 0 Å². The zero-order valence-electron chi connectivity index (χ0n) is 12.3. The molecule has 0 aromatic carbocycles. The Labute approximate surface area is 120 Å². The van der Waals surface area contributed by atoms with E-state index in [-0.39, 0.29) is 23.8 Å². The molecule has 0 saturated heterocycles. The first kappa shape index (κ1) is 15.3. The average molecular weight is 282 g/mol. The molecule has 0 unspecified atom stereocenters. The van der Waals surface area contributed by atoms with Crippen LogP contribution in [0.25, 0.3) is 0 Å². The van der Waals surface area contributed by atoms with Gasteiger partial charge in [0, 0.05) is 32.5 Å². The maximum Gasteiger partial charge on any atom is 0.224 e. The van der Waals surface area contributed by atoms with E-state index >= 15 is 0 Å². The van der Waals surface area contributed by atoms with Gasteiger partial charge in [-0.05, 0) is 31.6 Å². The molecular weight excluding hydrogens is 256 g/mol. The SMILES string of the molecule is CN(CC1CC(O)C1)C(=O)CCNC(=O)C1CCCC1. The Morgan fingerprint density at radius 3 is 2.50 bits per heavy atom. The summed E-state index contributed by atoms with van der Waals surface area (Å²) in [6.07, 6.45) is 6.07. The molecule has 0 aliphatic heterocycles. The van der Waals surface area contributed by atoms with E-state index in [1.807, 2.05) is 0 Å². The third-order valence-electron chi connectivity index (χ3n) is 4.53. The van der Waals surface area contributed by atoms with Crippen molar-refractivity contribution in [3.63, 3.8) is 0 Å². The molecule has 0 radical (unpaired) electrons. The van der Waals surface area contributed by atoms with Crippen LogP contribution in [0.1, 0.15) is 44.9 Å². The lowest BCUT2D eigenvalue weighted by Crippen LogP contribution is -2.40. The molecule has 5 nitrogen and oxygen atoms in total.